The number of rotatable bonds is 3. The van der Waals surface area contributed by atoms with Gasteiger partial charge in [0.25, 0.3) is 0 Å². The summed E-state index contributed by atoms with van der Waals surface area (Å²) in [6.45, 7) is 0. The summed E-state index contributed by atoms with van der Waals surface area (Å²) in [5, 5.41) is 8.83. The average Bonchev–Trinajstić information content (AvgIpc) is 2.27. The van der Waals surface area contributed by atoms with E-state index < -0.39 is 5.97 Å². The standard InChI is InChI=1S/C11H10ClNO2/c1-15-11(14)9-6-2-4-8(10(9)12)5-3-7-13/h2,4,6H,3,5H2,1H3. The van der Waals surface area contributed by atoms with Gasteiger partial charge in [-0.1, -0.05) is 23.7 Å². The van der Waals surface area contributed by atoms with E-state index in [1.165, 1.54) is 7.11 Å². The minimum atomic E-state index is -0.459. The number of nitriles is 1. The van der Waals surface area contributed by atoms with Crippen LogP contribution in [0.25, 0.3) is 0 Å². The van der Waals surface area contributed by atoms with Crippen LogP contribution < -0.4 is 0 Å². The van der Waals surface area contributed by atoms with Gasteiger partial charge in [-0.25, -0.2) is 4.79 Å². The van der Waals surface area contributed by atoms with Crippen molar-refractivity contribution in [1.29, 1.82) is 5.26 Å². The van der Waals surface area contributed by atoms with E-state index in [-0.39, 0.29) is 0 Å². The number of carbonyl (C=O) groups is 1. The van der Waals surface area contributed by atoms with Crippen LogP contribution in [0.5, 0.6) is 0 Å². The zero-order valence-corrected chi connectivity index (χ0v) is 9.04. The van der Waals surface area contributed by atoms with Crippen molar-refractivity contribution in [3.05, 3.63) is 34.3 Å². The molecule has 0 bridgehead atoms. The maximum absolute atomic E-state index is 11.3. The summed E-state index contributed by atoms with van der Waals surface area (Å²) in [4.78, 5) is 11.3. The van der Waals surface area contributed by atoms with E-state index in [4.69, 9.17) is 16.9 Å². The number of ether oxygens (including phenoxy) is 1. The summed E-state index contributed by atoms with van der Waals surface area (Å²) in [6, 6.07) is 7.16. The zero-order chi connectivity index (χ0) is 11.3. The largest absolute Gasteiger partial charge is 0.465 e. The van der Waals surface area contributed by atoms with E-state index in [0.29, 0.717) is 23.4 Å². The van der Waals surface area contributed by atoms with Gasteiger partial charge in [-0.15, -0.1) is 0 Å². The number of carbonyl (C=O) groups excluding carboxylic acids is 1. The van der Waals surface area contributed by atoms with Crippen LogP contribution in [0.3, 0.4) is 0 Å². The van der Waals surface area contributed by atoms with Crippen LogP contribution >= 0.6 is 11.6 Å². The molecule has 15 heavy (non-hydrogen) atoms. The fraction of sp³-hybridized carbons (Fsp3) is 0.273. The van der Waals surface area contributed by atoms with Gasteiger partial charge >= 0.3 is 5.97 Å². The molecule has 0 aliphatic heterocycles. The van der Waals surface area contributed by atoms with E-state index in [1.807, 2.05) is 6.07 Å². The second kappa shape index (κ2) is 5.38. The molecule has 0 N–H and O–H groups in total. The molecule has 0 saturated carbocycles. The molecule has 0 unspecified atom stereocenters. The number of esters is 1. The Hall–Kier alpha value is -1.53. The van der Waals surface area contributed by atoms with Crippen molar-refractivity contribution in [2.75, 3.05) is 7.11 Å². The monoisotopic (exact) mass is 223 g/mol. The van der Waals surface area contributed by atoms with Crippen molar-refractivity contribution < 1.29 is 9.53 Å². The van der Waals surface area contributed by atoms with Crippen LogP contribution in [0.1, 0.15) is 22.3 Å². The molecular weight excluding hydrogens is 214 g/mol. The Labute approximate surface area is 93.2 Å². The number of halogens is 1. The highest BCUT2D eigenvalue weighted by Crippen LogP contribution is 2.22. The Kier molecular flexibility index (Phi) is 4.14. The van der Waals surface area contributed by atoms with Crippen molar-refractivity contribution in [3.8, 4) is 6.07 Å². The molecule has 0 aliphatic rings. The highest BCUT2D eigenvalue weighted by Gasteiger charge is 2.12. The van der Waals surface area contributed by atoms with Crippen molar-refractivity contribution in [2.45, 2.75) is 12.8 Å². The predicted octanol–water partition coefficient (Wildman–Crippen LogP) is 2.58. The summed E-state index contributed by atoms with van der Waals surface area (Å²) < 4.78 is 4.59. The van der Waals surface area contributed by atoms with Gasteiger partial charge in [-0.3, -0.25) is 0 Å². The van der Waals surface area contributed by atoms with Gasteiger partial charge < -0.3 is 4.74 Å². The fourth-order valence-corrected chi connectivity index (χ4v) is 1.53. The topological polar surface area (TPSA) is 50.1 Å². The first-order valence-electron chi connectivity index (χ1n) is 4.43. The highest BCUT2D eigenvalue weighted by atomic mass is 35.5. The molecule has 1 aromatic rings. The lowest BCUT2D eigenvalue weighted by atomic mass is 10.1. The maximum Gasteiger partial charge on any atom is 0.339 e. The second-order valence-corrected chi connectivity index (χ2v) is 3.31. The van der Waals surface area contributed by atoms with Gasteiger partial charge in [0.15, 0.2) is 0 Å². The normalized spacial score (nSPS) is 9.40. The molecule has 3 nitrogen and oxygen atoms in total. The first-order chi connectivity index (χ1) is 7.20. The van der Waals surface area contributed by atoms with Crippen molar-refractivity contribution in [3.63, 3.8) is 0 Å². The SMILES string of the molecule is COC(=O)c1cccc(CCC#N)c1Cl. The molecule has 78 valence electrons. The fourth-order valence-electron chi connectivity index (χ4n) is 1.23. The third-order valence-electron chi connectivity index (χ3n) is 1.99. The van der Waals surface area contributed by atoms with E-state index in [2.05, 4.69) is 4.74 Å². The molecule has 0 amide bonds. The molecule has 0 spiro atoms. The number of hydrogen-bond acceptors (Lipinski definition) is 3. The Balaban J connectivity index is 3.01. The minimum absolute atomic E-state index is 0.342. The lowest BCUT2D eigenvalue weighted by molar-refractivity contribution is 0.0601. The molecule has 4 heteroatoms. The Morgan fingerprint density at radius 2 is 2.33 bits per heavy atom. The zero-order valence-electron chi connectivity index (χ0n) is 8.29. The minimum Gasteiger partial charge on any atom is -0.465 e. The van der Waals surface area contributed by atoms with Crippen molar-refractivity contribution >= 4 is 17.6 Å². The number of aryl methyl sites for hydroxylation is 1. The van der Waals surface area contributed by atoms with Crippen LogP contribution in [0.4, 0.5) is 0 Å². The van der Waals surface area contributed by atoms with E-state index in [0.717, 1.165) is 5.56 Å². The van der Waals surface area contributed by atoms with Crippen molar-refractivity contribution in [1.82, 2.24) is 0 Å². The summed E-state index contributed by atoms with van der Waals surface area (Å²) in [5.74, 6) is -0.459. The Bertz CT molecular complexity index is 410. The highest BCUT2D eigenvalue weighted by molar-refractivity contribution is 6.34. The summed E-state index contributed by atoms with van der Waals surface area (Å²) in [5.41, 5.74) is 1.13. The van der Waals surface area contributed by atoms with Crippen LogP contribution in [0.15, 0.2) is 18.2 Å². The summed E-state index contributed by atoms with van der Waals surface area (Å²) in [7, 11) is 1.31. The van der Waals surface area contributed by atoms with Gasteiger partial charge in [0.05, 0.1) is 23.8 Å². The van der Waals surface area contributed by atoms with Crippen LogP contribution in [0, 0.1) is 11.3 Å². The number of methoxy groups -OCH3 is 1. The van der Waals surface area contributed by atoms with Crippen LogP contribution in [-0.4, -0.2) is 13.1 Å². The van der Waals surface area contributed by atoms with Crippen LogP contribution in [-0.2, 0) is 11.2 Å². The van der Waals surface area contributed by atoms with Crippen molar-refractivity contribution in [2.24, 2.45) is 0 Å². The molecule has 0 saturated heterocycles. The molecule has 1 aromatic carbocycles. The first-order valence-corrected chi connectivity index (χ1v) is 4.81. The first kappa shape index (κ1) is 11.5. The molecule has 0 aliphatic carbocycles. The van der Waals surface area contributed by atoms with Crippen LogP contribution in [0.2, 0.25) is 5.02 Å². The van der Waals surface area contributed by atoms with Gasteiger partial charge in [0.2, 0.25) is 0 Å². The maximum atomic E-state index is 11.3. The Morgan fingerprint density at radius 3 is 2.93 bits per heavy atom. The molecule has 0 radical (unpaired) electrons. The average molecular weight is 224 g/mol. The van der Waals surface area contributed by atoms with E-state index in [1.54, 1.807) is 18.2 Å². The van der Waals surface area contributed by atoms with Gasteiger partial charge in [0, 0.05) is 6.42 Å². The third kappa shape index (κ3) is 2.71. The molecule has 0 aromatic heterocycles. The quantitative estimate of drug-likeness (QED) is 0.740. The summed E-state index contributed by atoms with van der Waals surface area (Å²) in [6.07, 6.45) is 0.921. The second-order valence-electron chi connectivity index (χ2n) is 2.93. The number of hydrogen-bond donors (Lipinski definition) is 0. The van der Waals surface area contributed by atoms with E-state index in [9.17, 15) is 4.79 Å². The predicted molar refractivity (Wildman–Crippen MR) is 56.7 cm³/mol. The number of benzene rings is 1. The van der Waals surface area contributed by atoms with Gasteiger partial charge in [0.1, 0.15) is 0 Å². The molecule has 1 rings (SSSR count). The molecule has 0 heterocycles. The smallest absolute Gasteiger partial charge is 0.339 e. The lowest BCUT2D eigenvalue weighted by Gasteiger charge is -2.06. The summed E-state index contributed by atoms with van der Waals surface area (Å²) >= 11 is 6.01. The molecule has 0 fully saturated rings. The van der Waals surface area contributed by atoms with E-state index >= 15 is 0 Å². The third-order valence-corrected chi connectivity index (χ3v) is 2.44. The number of nitrogens with zero attached hydrogens (tertiary/aromatic N) is 1. The lowest BCUT2D eigenvalue weighted by Crippen LogP contribution is -2.03. The van der Waals surface area contributed by atoms with Gasteiger partial charge in [-0.05, 0) is 18.1 Å². The molecule has 0 atom stereocenters. The van der Waals surface area contributed by atoms with Gasteiger partial charge in [-0.2, -0.15) is 5.26 Å². The Morgan fingerprint density at radius 1 is 1.60 bits per heavy atom. The molecular formula is C11H10ClNO2.